The summed E-state index contributed by atoms with van der Waals surface area (Å²) >= 11 is 0. The van der Waals surface area contributed by atoms with Gasteiger partial charge in [0.15, 0.2) is 11.7 Å². The Hall–Kier alpha value is -1.09. The van der Waals surface area contributed by atoms with E-state index in [1.807, 2.05) is 26.8 Å². The van der Waals surface area contributed by atoms with Crippen molar-refractivity contribution < 1.29 is 26.1 Å². The van der Waals surface area contributed by atoms with Crippen molar-refractivity contribution in [3.05, 3.63) is 17.5 Å². The molecule has 1 aromatic heterocycles. The predicted molar refractivity (Wildman–Crippen MR) is 114 cm³/mol. The van der Waals surface area contributed by atoms with Gasteiger partial charge in [0, 0.05) is 31.7 Å². The van der Waals surface area contributed by atoms with Crippen LogP contribution in [-0.4, -0.2) is 55.0 Å². The zero-order chi connectivity index (χ0) is 20.9. The first-order valence-corrected chi connectivity index (χ1v) is 10.5. The number of aromatic nitrogens is 1. The molecule has 0 radical (unpaired) electrons. The summed E-state index contributed by atoms with van der Waals surface area (Å²) in [5.41, 5.74) is -4.43. The van der Waals surface area contributed by atoms with Gasteiger partial charge in [0.25, 0.3) is 0 Å². The van der Waals surface area contributed by atoms with E-state index in [1.54, 1.807) is 0 Å². The molecule has 0 atom stereocenters. The second-order valence-electron chi connectivity index (χ2n) is 6.84. The van der Waals surface area contributed by atoms with Crippen LogP contribution in [0.4, 0.5) is 13.2 Å². The fourth-order valence-electron chi connectivity index (χ4n) is 2.73. The maximum Gasteiger partial charge on any atom is 0.511 e. The Morgan fingerprint density at radius 1 is 1.38 bits per heavy atom. The van der Waals surface area contributed by atoms with Crippen LogP contribution in [0.3, 0.4) is 0 Å². The van der Waals surface area contributed by atoms with Gasteiger partial charge in [-0.1, -0.05) is 19.0 Å². The van der Waals surface area contributed by atoms with E-state index in [9.17, 15) is 21.6 Å². The van der Waals surface area contributed by atoms with Crippen molar-refractivity contribution in [1.29, 1.82) is 0 Å². The molecule has 0 amide bonds. The maximum atomic E-state index is 12.7. The molecule has 0 aromatic carbocycles. The number of aliphatic imine (C=N–C) groups is 1. The van der Waals surface area contributed by atoms with Crippen molar-refractivity contribution in [3.8, 4) is 0 Å². The highest BCUT2D eigenvalue weighted by Gasteiger charge is 2.50. The second kappa shape index (κ2) is 10.8. The number of alkyl halides is 3. The SMILES string of the molecule is CCNC(=NCc1cc(C(C)C)no1)NC1CCN(S(=O)(=O)C(F)(F)F)CC1.I. The fourth-order valence-corrected chi connectivity index (χ4v) is 3.72. The van der Waals surface area contributed by atoms with E-state index in [4.69, 9.17) is 4.52 Å². The van der Waals surface area contributed by atoms with E-state index in [0.29, 0.717) is 22.6 Å². The molecule has 1 aliphatic heterocycles. The van der Waals surface area contributed by atoms with Gasteiger partial charge in [0.2, 0.25) is 0 Å². The van der Waals surface area contributed by atoms with Crippen LogP contribution in [0.25, 0.3) is 0 Å². The molecule has 8 nitrogen and oxygen atoms in total. The third-order valence-electron chi connectivity index (χ3n) is 4.33. The summed E-state index contributed by atoms with van der Waals surface area (Å²) in [6, 6.07) is 1.65. The second-order valence-corrected chi connectivity index (χ2v) is 8.77. The van der Waals surface area contributed by atoms with Crippen molar-refractivity contribution in [2.24, 2.45) is 4.99 Å². The maximum absolute atomic E-state index is 12.7. The Kier molecular flexibility index (Phi) is 9.66. The first kappa shape index (κ1) is 25.9. The van der Waals surface area contributed by atoms with Crippen molar-refractivity contribution in [3.63, 3.8) is 0 Å². The molecule has 0 bridgehead atoms. The Balaban J connectivity index is 0.00000420. The third kappa shape index (κ3) is 6.98. The zero-order valence-corrected chi connectivity index (χ0v) is 19.6. The fraction of sp³-hybridized carbons (Fsp3) is 0.750. The number of sulfonamides is 1. The molecule has 1 aliphatic rings. The molecule has 29 heavy (non-hydrogen) atoms. The summed E-state index contributed by atoms with van der Waals surface area (Å²) < 4.78 is 66.6. The summed E-state index contributed by atoms with van der Waals surface area (Å²) in [7, 11) is -5.27. The van der Waals surface area contributed by atoms with E-state index in [1.165, 1.54) is 0 Å². The molecule has 1 saturated heterocycles. The van der Waals surface area contributed by atoms with E-state index < -0.39 is 15.5 Å². The molecular formula is C16H27F3IN5O3S. The van der Waals surface area contributed by atoms with E-state index in [2.05, 4.69) is 20.8 Å². The summed E-state index contributed by atoms with van der Waals surface area (Å²) in [4.78, 5) is 4.41. The molecule has 0 aliphatic carbocycles. The molecule has 2 rings (SSSR count). The normalized spacial score (nSPS) is 17.3. The lowest BCUT2D eigenvalue weighted by Gasteiger charge is -2.32. The number of hydrogen-bond donors (Lipinski definition) is 2. The van der Waals surface area contributed by atoms with E-state index in [-0.39, 0.29) is 68.4 Å². The molecular weight excluding hydrogens is 526 g/mol. The van der Waals surface area contributed by atoms with Gasteiger partial charge in [-0.25, -0.2) is 13.4 Å². The van der Waals surface area contributed by atoms with Crippen LogP contribution in [0, 0.1) is 0 Å². The highest BCUT2D eigenvalue weighted by atomic mass is 127. The third-order valence-corrected chi connectivity index (χ3v) is 5.96. The van der Waals surface area contributed by atoms with Crippen LogP contribution in [0.2, 0.25) is 0 Å². The summed E-state index contributed by atoms with van der Waals surface area (Å²) in [5, 5.41) is 10.2. The summed E-state index contributed by atoms with van der Waals surface area (Å²) in [5.74, 6) is 1.33. The van der Waals surface area contributed by atoms with Gasteiger partial charge < -0.3 is 15.2 Å². The minimum absolute atomic E-state index is 0. The minimum Gasteiger partial charge on any atom is -0.359 e. The van der Waals surface area contributed by atoms with E-state index in [0.717, 1.165) is 5.69 Å². The standard InChI is InChI=1S/C16H26F3N5O3S.HI/c1-4-20-15(21-10-13-9-14(11(2)3)23-27-13)22-12-5-7-24(8-6-12)28(25,26)16(17,18)19;/h9,11-12H,4-8,10H2,1-3H3,(H2,20,21,22);1H. The molecule has 2 N–H and O–H groups in total. The van der Waals surface area contributed by atoms with Gasteiger partial charge in [-0.2, -0.15) is 17.5 Å². The van der Waals surface area contributed by atoms with Crippen LogP contribution in [0.15, 0.2) is 15.6 Å². The quantitative estimate of drug-likeness (QED) is 0.320. The predicted octanol–water partition coefficient (Wildman–Crippen LogP) is 2.79. The van der Waals surface area contributed by atoms with Gasteiger partial charge >= 0.3 is 15.5 Å². The largest absolute Gasteiger partial charge is 0.511 e. The first-order valence-electron chi connectivity index (χ1n) is 9.11. The van der Waals surface area contributed by atoms with Crippen molar-refractivity contribution in [1.82, 2.24) is 20.1 Å². The number of nitrogens with zero attached hydrogens (tertiary/aromatic N) is 3. The lowest BCUT2D eigenvalue weighted by Crippen LogP contribution is -2.51. The lowest BCUT2D eigenvalue weighted by atomic mass is 10.1. The molecule has 0 spiro atoms. The average molecular weight is 553 g/mol. The zero-order valence-electron chi connectivity index (χ0n) is 16.5. The van der Waals surface area contributed by atoms with Crippen LogP contribution < -0.4 is 10.6 Å². The van der Waals surface area contributed by atoms with Crippen LogP contribution >= 0.6 is 24.0 Å². The Morgan fingerprint density at radius 3 is 2.48 bits per heavy atom. The number of halogens is 4. The highest BCUT2D eigenvalue weighted by molar-refractivity contribution is 14.0. The number of hydrogen-bond acceptors (Lipinski definition) is 5. The van der Waals surface area contributed by atoms with Crippen molar-refractivity contribution >= 4 is 40.0 Å². The minimum atomic E-state index is -5.27. The highest BCUT2D eigenvalue weighted by Crippen LogP contribution is 2.28. The Morgan fingerprint density at radius 2 is 2.00 bits per heavy atom. The summed E-state index contributed by atoms with van der Waals surface area (Å²) in [6.45, 7) is 6.36. The van der Waals surface area contributed by atoms with Gasteiger partial charge in [0.1, 0.15) is 6.54 Å². The molecule has 168 valence electrons. The summed E-state index contributed by atoms with van der Waals surface area (Å²) in [6.07, 6.45) is 0.499. The Labute approximate surface area is 185 Å². The molecule has 13 heteroatoms. The van der Waals surface area contributed by atoms with Gasteiger partial charge in [-0.3, -0.25) is 0 Å². The number of piperidine rings is 1. The lowest BCUT2D eigenvalue weighted by molar-refractivity contribution is -0.0494. The topological polar surface area (TPSA) is 99.8 Å². The smallest absolute Gasteiger partial charge is 0.359 e. The molecule has 1 aromatic rings. The molecule has 0 unspecified atom stereocenters. The molecule has 2 heterocycles. The first-order chi connectivity index (χ1) is 13.0. The van der Waals surface area contributed by atoms with Gasteiger partial charge in [-0.15, -0.1) is 24.0 Å². The van der Waals surface area contributed by atoms with Crippen LogP contribution in [0.5, 0.6) is 0 Å². The number of guanidine groups is 1. The Bertz CT molecular complexity index is 775. The molecule has 1 fully saturated rings. The average Bonchev–Trinajstić information content (AvgIpc) is 3.09. The van der Waals surface area contributed by atoms with Gasteiger partial charge in [0.05, 0.1) is 5.69 Å². The monoisotopic (exact) mass is 553 g/mol. The van der Waals surface area contributed by atoms with Crippen LogP contribution in [0.1, 0.15) is 51.0 Å². The number of rotatable bonds is 6. The molecule has 0 saturated carbocycles. The number of nitrogens with one attached hydrogen (secondary N) is 2. The van der Waals surface area contributed by atoms with Crippen molar-refractivity contribution in [2.45, 2.75) is 57.6 Å². The van der Waals surface area contributed by atoms with E-state index >= 15 is 0 Å². The van der Waals surface area contributed by atoms with Gasteiger partial charge in [-0.05, 0) is 25.7 Å². The van der Waals surface area contributed by atoms with Crippen molar-refractivity contribution in [2.75, 3.05) is 19.6 Å². The van der Waals surface area contributed by atoms with Crippen LogP contribution in [-0.2, 0) is 16.6 Å².